The van der Waals surface area contributed by atoms with Gasteiger partial charge in [0.15, 0.2) is 0 Å². The molecule has 0 unspecified atom stereocenters. The smallest absolute Gasteiger partial charge is 0.221 e. The van der Waals surface area contributed by atoms with Crippen LogP contribution in [0.15, 0.2) is 23.0 Å². The molecule has 0 aromatic heterocycles. The summed E-state index contributed by atoms with van der Waals surface area (Å²) >= 11 is 0. The predicted octanol–water partition coefficient (Wildman–Crippen LogP) is 0.232. The van der Waals surface area contributed by atoms with Crippen LogP contribution in [0.25, 0.3) is 0 Å². The van der Waals surface area contributed by atoms with Gasteiger partial charge in [-0.05, 0) is 10.8 Å². The third kappa shape index (κ3) is 1.57. The summed E-state index contributed by atoms with van der Waals surface area (Å²) in [6.45, 7) is 0. The molecule has 0 atom stereocenters. The van der Waals surface area contributed by atoms with E-state index in [0.29, 0.717) is 0 Å². The standard InChI is InChI=1S/C4H7NO2S2/c5-9(6,7)8-3-1-2-4-8/h1-4,8H,(H2,5,6,7). The Hall–Kier alpha value is -0.260. The zero-order valence-corrected chi connectivity index (χ0v) is 6.27. The van der Waals surface area contributed by atoms with Gasteiger partial charge in [-0.1, -0.05) is 22.1 Å². The SMILES string of the molecule is NS(=O)(=O)[SH]1C=CC=C1. The van der Waals surface area contributed by atoms with E-state index in [1.165, 1.54) is 0 Å². The van der Waals surface area contributed by atoms with Gasteiger partial charge in [0.1, 0.15) is 0 Å². The molecule has 1 aliphatic heterocycles. The molecule has 2 N–H and O–H groups in total. The third-order valence-corrected chi connectivity index (χ3v) is 4.88. The lowest BCUT2D eigenvalue weighted by molar-refractivity contribution is 0.612. The summed E-state index contributed by atoms with van der Waals surface area (Å²) in [6, 6.07) is 0. The van der Waals surface area contributed by atoms with Crippen LogP contribution in [0.5, 0.6) is 0 Å². The van der Waals surface area contributed by atoms with Crippen LogP contribution < -0.4 is 5.14 Å². The molecule has 0 fully saturated rings. The van der Waals surface area contributed by atoms with Crippen LogP contribution in [0.4, 0.5) is 0 Å². The molecule has 0 spiro atoms. The van der Waals surface area contributed by atoms with Gasteiger partial charge in [0.05, 0.1) is 0 Å². The van der Waals surface area contributed by atoms with Gasteiger partial charge < -0.3 is 0 Å². The van der Waals surface area contributed by atoms with E-state index in [9.17, 15) is 8.42 Å². The quantitative estimate of drug-likeness (QED) is 0.431. The number of thiol groups is 1. The minimum Gasteiger partial charge on any atom is -0.221 e. The second kappa shape index (κ2) is 2.17. The summed E-state index contributed by atoms with van der Waals surface area (Å²) in [5, 5.41) is 8.04. The molecule has 9 heavy (non-hydrogen) atoms. The van der Waals surface area contributed by atoms with Crippen molar-refractivity contribution in [2.75, 3.05) is 0 Å². The van der Waals surface area contributed by atoms with Crippen LogP contribution in [0.1, 0.15) is 0 Å². The summed E-state index contributed by atoms with van der Waals surface area (Å²) < 4.78 is 21.1. The van der Waals surface area contributed by atoms with Crippen LogP contribution in [0.3, 0.4) is 0 Å². The molecule has 1 heterocycles. The van der Waals surface area contributed by atoms with E-state index in [1.807, 2.05) is 0 Å². The largest absolute Gasteiger partial charge is 0.249 e. The molecular weight excluding hydrogens is 158 g/mol. The van der Waals surface area contributed by atoms with E-state index in [0.717, 1.165) is 0 Å². The number of hydrogen-bond donors (Lipinski definition) is 2. The molecule has 3 nitrogen and oxygen atoms in total. The fraction of sp³-hybridized carbons (Fsp3) is 0. The van der Waals surface area contributed by atoms with Gasteiger partial charge >= 0.3 is 0 Å². The zero-order chi connectivity index (χ0) is 6.91. The van der Waals surface area contributed by atoms with Crippen molar-refractivity contribution in [3.05, 3.63) is 23.0 Å². The van der Waals surface area contributed by atoms with Gasteiger partial charge in [-0.3, -0.25) is 0 Å². The molecule has 1 aliphatic rings. The third-order valence-electron chi connectivity index (χ3n) is 0.871. The van der Waals surface area contributed by atoms with Crippen LogP contribution in [0, 0.1) is 0 Å². The predicted molar refractivity (Wildman–Crippen MR) is 40.4 cm³/mol. The number of hydrogen-bond acceptors (Lipinski definition) is 2. The van der Waals surface area contributed by atoms with E-state index in [1.54, 1.807) is 23.0 Å². The van der Waals surface area contributed by atoms with Crippen molar-refractivity contribution < 1.29 is 8.42 Å². The molecule has 0 amide bonds. The second-order valence-corrected chi connectivity index (χ2v) is 6.70. The lowest BCUT2D eigenvalue weighted by Crippen LogP contribution is -2.08. The van der Waals surface area contributed by atoms with Crippen molar-refractivity contribution in [2.24, 2.45) is 5.14 Å². The van der Waals surface area contributed by atoms with Gasteiger partial charge in [0.25, 0.3) is 0 Å². The average molecular weight is 165 g/mol. The monoisotopic (exact) mass is 165 g/mol. The summed E-state index contributed by atoms with van der Waals surface area (Å²) in [4.78, 5) is 0. The van der Waals surface area contributed by atoms with E-state index in [2.05, 4.69) is 0 Å². The van der Waals surface area contributed by atoms with E-state index in [-0.39, 0.29) is 0 Å². The van der Waals surface area contributed by atoms with E-state index in [4.69, 9.17) is 5.14 Å². The van der Waals surface area contributed by atoms with Crippen LogP contribution >= 0.6 is 9.93 Å². The van der Waals surface area contributed by atoms with Gasteiger partial charge in [-0.25, -0.2) is 13.6 Å². The van der Waals surface area contributed by atoms with Crippen molar-refractivity contribution in [3.8, 4) is 0 Å². The van der Waals surface area contributed by atoms with Crippen LogP contribution in [-0.4, -0.2) is 8.42 Å². The zero-order valence-electron chi connectivity index (χ0n) is 4.56. The van der Waals surface area contributed by atoms with Gasteiger partial charge in [0, 0.05) is 0 Å². The normalized spacial score (nSPS) is 21.2. The number of nitrogens with two attached hydrogens (primary N) is 1. The molecular formula is C4H7NO2S2. The van der Waals surface area contributed by atoms with Crippen molar-refractivity contribution in [1.82, 2.24) is 0 Å². The lowest BCUT2D eigenvalue weighted by Gasteiger charge is -2.03. The van der Waals surface area contributed by atoms with Gasteiger partial charge in [0.2, 0.25) is 9.06 Å². The van der Waals surface area contributed by atoms with Crippen LogP contribution in [0.2, 0.25) is 0 Å². The Bertz CT molecular complexity index is 240. The molecule has 52 valence electrons. The second-order valence-electron chi connectivity index (χ2n) is 1.56. The molecule has 0 aliphatic carbocycles. The highest BCUT2D eigenvalue weighted by atomic mass is 33.2. The summed E-state index contributed by atoms with van der Waals surface area (Å²) in [7, 11) is -4.51. The highest BCUT2D eigenvalue weighted by Gasteiger charge is 2.10. The van der Waals surface area contributed by atoms with E-state index < -0.39 is 19.0 Å². The maximum Gasteiger partial charge on any atom is 0.249 e. The fourth-order valence-electron chi connectivity index (χ4n) is 0.488. The Morgan fingerprint density at radius 1 is 1.22 bits per heavy atom. The Kier molecular flexibility index (Phi) is 1.65. The average Bonchev–Trinajstić information content (AvgIpc) is 2.08. The minimum absolute atomic E-state index is 1.20. The molecule has 0 aromatic rings. The van der Waals surface area contributed by atoms with E-state index >= 15 is 0 Å². The topological polar surface area (TPSA) is 60.2 Å². The molecule has 0 aromatic carbocycles. The van der Waals surface area contributed by atoms with Crippen molar-refractivity contribution >= 4 is 19.0 Å². The number of allylic oxidation sites excluding steroid dienone is 2. The lowest BCUT2D eigenvalue weighted by atomic mass is 10.6. The molecule has 5 heteroatoms. The summed E-state index contributed by atoms with van der Waals surface area (Å²) in [6.07, 6.45) is 3.38. The maximum atomic E-state index is 10.5. The first-order valence-electron chi connectivity index (χ1n) is 2.27. The van der Waals surface area contributed by atoms with Crippen LogP contribution in [-0.2, 0) is 9.06 Å². The Morgan fingerprint density at radius 3 is 1.89 bits per heavy atom. The van der Waals surface area contributed by atoms with Crippen molar-refractivity contribution in [3.63, 3.8) is 0 Å². The van der Waals surface area contributed by atoms with Gasteiger partial charge in [-0.15, -0.1) is 0 Å². The Labute approximate surface area is 56.0 Å². The minimum atomic E-state index is -3.31. The Balaban J connectivity index is 2.90. The summed E-state index contributed by atoms with van der Waals surface area (Å²) in [5.41, 5.74) is 0. The molecule has 0 radical (unpaired) electrons. The molecule has 0 saturated heterocycles. The fourth-order valence-corrected chi connectivity index (χ4v) is 2.90. The highest BCUT2D eigenvalue weighted by molar-refractivity contribution is 8.82. The number of rotatable bonds is 1. The Morgan fingerprint density at radius 2 is 1.67 bits per heavy atom. The molecule has 0 saturated carbocycles. The maximum absolute atomic E-state index is 10.5. The van der Waals surface area contributed by atoms with Gasteiger partial charge in [-0.2, -0.15) is 0 Å². The molecule has 0 bridgehead atoms. The first-order chi connectivity index (χ1) is 4.11. The van der Waals surface area contributed by atoms with Crippen molar-refractivity contribution in [1.29, 1.82) is 0 Å². The highest BCUT2D eigenvalue weighted by Crippen LogP contribution is 2.36. The summed E-state index contributed by atoms with van der Waals surface area (Å²) in [5.74, 6) is 0. The first kappa shape index (κ1) is 6.85. The van der Waals surface area contributed by atoms with Crippen molar-refractivity contribution in [2.45, 2.75) is 0 Å². The molecule has 1 rings (SSSR count). The first-order valence-corrected chi connectivity index (χ1v) is 5.90.